The first-order chi connectivity index (χ1) is 19.3. The number of ether oxygens (including phenoxy) is 2. The summed E-state index contributed by atoms with van der Waals surface area (Å²) in [6.45, 7) is 2.74. The first kappa shape index (κ1) is 27.5. The van der Waals surface area contributed by atoms with Crippen LogP contribution in [-0.2, 0) is 11.4 Å². The van der Waals surface area contributed by atoms with E-state index in [1.165, 1.54) is 28.8 Å². The molecule has 4 aromatic carbocycles. The summed E-state index contributed by atoms with van der Waals surface area (Å²) in [4.78, 5) is 30.6. The predicted octanol–water partition coefficient (Wildman–Crippen LogP) is 7.51. The van der Waals surface area contributed by atoms with E-state index in [1.807, 2.05) is 37.3 Å². The molecule has 1 amide bonds. The van der Waals surface area contributed by atoms with Gasteiger partial charge in [-0.2, -0.15) is 0 Å². The molecule has 7 nitrogen and oxygen atoms in total. The molecule has 0 radical (unpaired) electrons. The van der Waals surface area contributed by atoms with E-state index in [9.17, 15) is 9.59 Å². The van der Waals surface area contributed by atoms with Crippen LogP contribution in [0, 0.1) is 0 Å². The second-order valence-electron chi connectivity index (χ2n) is 8.90. The van der Waals surface area contributed by atoms with Crippen LogP contribution in [0.2, 0.25) is 0 Å². The molecule has 1 fully saturated rings. The van der Waals surface area contributed by atoms with Crippen molar-refractivity contribution in [2.24, 2.45) is 4.99 Å². The van der Waals surface area contributed by atoms with Gasteiger partial charge in [0.05, 0.1) is 22.8 Å². The van der Waals surface area contributed by atoms with Crippen molar-refractivity contribution in [2.45, 2.75) is 13.5 Å². The van der Waals surface area contributed by atoms with Gasteiger partial charge in [-0.1, -0.05) is 58.4 Å². The smallest absolute Gasteiger partial charge is 0.335 e. The monoisotopic (exact) mass is 616 g/mol. The van der Waals surface area contributed by atoms with Gasteiger partial charge in [-0.25, -0.2) is 9.79 Å². The highest BCUT2D eigenvalue weighted by atomic mass is 79.9. The Bertz CT molecular complexity index is 1660. The highest BCUT2D eigenvalue weighted by Crippen LogP contribution is 2.39. The summed E-state index contributed by atoms with van der Waals surface area (Å²) >= 11 is 4.88. The molecule has 0 aliphatic carbocycles. The molecule has 5 rings (SSSR count). The second kappa shape index (κ2) is 12.0. The third-order valence-corrected chi connectivity index (χ3v) is 8.00. The van der Waals surface area contributed by atoms with Crippen molar-refractivity contribution in [1.29, 1.82) is 0 Å². The number of thioether (sulfide) groups is 1. The van der Waals surface area contributed by atoms with Crippen molar-refractivity contribution in [2.75, 3.05) is 13.7 Å². The zero-order chi connectivity index (χ0) is 28.2. The average Bonchev–Trinajstić information content (AvgIpc) is 3.21. The molecule has 1 saturated heterocycles. The average molecular weight is 618 g/mol. The number of amidine groups is 1. The molecule has 202 valence electrons. The van der Waals surface area contributed by atoms with Crippen LogP contribution in [0.25, 0.3) is 16.8 Å². The first-order valence-electron chi connectivity index (χ1n) is 12.5. The van der Waals surface area contributed by atoms with Gasteiger partial charge in [0.1, 0.15) is 6.61 Å². The molecule has 0 spiro atoms. The van der Waals surface area contributed by atoms with Gasteiger partial charge in [0.2, 0.25) is 0 Å². The van der Waals surface area contributed by atoms with Crippen LogP contribution in [0.4, 0.5) is 5.69 Å². The molecular weight excluding hydrogens is 592 g/mol. The van der Waals surface area contributed by atoms with Gasteiger partial charge in [0, 0.05) is 11.5 Å². The number of hydrogen-bond acceptors (Lipinski definition) is 6. The predicted molar refractivity (Wildman–Crippen MR) is 162 cm³/mol. The van der Waals surface area contributed by atoms with E-state index < -0.39 is 5.97 Å². The zero-order valence-corrected chi connectivity index (χ0v) is 24.2. The maximum atomic E-state index is 13.0. The minimum absolute atomic E-state index is 0.174. The molecule has 1 aliphatic heterocycles. The molecule has 0 bridgehead atoms. The van der Waals surface area contributed by atoms with Gasteiger partial charge in [0.25, 0.3) is 5.91 Å². The molecule has 0 unspecified atom stereocenters. The normalized spacial score (nSPS) is 15.3. The van der Waals surface area contributed by atoms with Crippen molar-refractivity contribution in [3.63, 3.8) is 0 Å². The standard InChI is InChI=1S/C31H25BrN2O5S/c1-3-38-26-15-22(25(32)17-27(26)39-18-21-9-6-8-19-7-4-5-10-24(19)21)16-28-29(35)34(2)31(40-28)33-23-13-11-20(12-14-23)30(36)37/h4-17H,3,18H2,1-2H3,(H,36,37)/b28-16-,33-31?. The topological polar surface area (TPSA) is 88.4 Å². The maximum absolute atomic E-state index is 13.0. The van der Waals surface area contributed by atoms with Crippen LogP contribution in [0.15, 0.2) is 93.2 Å². The maximum Gasteiger partial charge on any atom is 0.335 e. The minimum Gasteiger partial charge on any atom is -0.490 e. The number of amides is 1. The fourth-order valence-electron chi connectivity index (χ4n) is 4.20. The van der Waals surface area contributed by atoms with E-state index in [-0.39, 0.29) is 11.5 Å². The Kier molecular flexibility index (Phi) is 8.23. The number of nitrogens with zero attached hydrogens (tertiary/aromatic N) is 2. The van der Waals surface area contributed by atoms with Crippen LogP contribution >= 0.6 is 27.7 Å². The summed E-state index contributed by atoms with van der Waals surface area (Å²) < 4.78 is 12.9. The molecule has 0 saturated carbocycles. The van der Waals surface area contributed by atoms with Crippen molar-refractivity contribution in [3.8, 4) is 11.5 Å². The highest BCUT2D eigenvalue weighted by molar-refractivity contribution is 9.10. The van der Waals surface area contributed by atoms with Crippen molar-refractivity contribution >= 4 is 67.3 Å². The van der Waals surface area contributed by atoms with Gasteiger partial charge in [0.15, 0.2) is 16.7 Å². The molecular formula is C31H25BrN2O5S. The number of aliphatic imine (C=N–C) groups is 1. The van der Waals surface area contributed by atoms with Crippen molar-refractivity contribution < 1.29 is 24.2 Å². The van der Waals surface area contributed by atoms with Crippen molar-refractivity contribution in [1.82, 2.24) is 4.90 Å². The fourth-order valence-corrected chi connectivity index (χ4v) is 5.61. The van der Waals surface area contributed by atoms with E-state index in [1.54, 1.807) is 25.3 Å². The minimum atomic E-state index is -1.01. The quantitative estimate of drug-likeness (QED) is 0.206. The van der Waals surface area contributed by atoms with E-state index in [0.29, 0.717) is 40.5 Å². The molecule has 1 heterocycles. The number of rotatable bonds is 8. The van der Waals surface area contributed by atoms with E-state index in [0.717, 1.165) is 26.4 Å². The van der Waals surface area contributed by atoms with Crippen LogP contribution in [0.5, 0.6) is 11.5 Å². The Labute approximate surface area is 244 Å². The lowest BCUT2D eigenvalue weighted by molar-refractivity contribution is -0.121. The van der Waals surface area contributed by atoms with Gasteiger partial charge in [-0.3, -0.25) is 9.69 Å². The van der Waals surface area contributed by atoms with E-state index in [2.05, 4.69) is 45.2 Å². The van der Waals surface area contributed by atoms with Crippen LogP contribution in [0.3, 0.4) is 0 Å². The molecule has 0 atom stereocenters. The number of halogens is 1. The Morgan fingerprint density at radius 2 is 1.75 bits per heavy atom. The Morgan fingerprint density at radius 3 is 2.50 bits per heavy atom. The number of carbonyl (C=O) groups excluding carboxylic acids is 1. The number of aromatic carboxylic acids is 1. The summed E-state index contributed by atoms with van der Waals surface area (Å²) in [6, 6.07) is 24.2. The highest BCUT2D eigenvalue weighted by Gasteiger charge is 2.30. The second-order valence-corrected chi connectivity index (χ2v) is 10.8. The lowest BCUT2D eigenvalue weighted by Gasteiger charge is -2.15. The van der Waals surface area contributed by atoms with E-state index >= 15 is 0 Å². The third kappa shape index (κ3) is 5.90. The Morgan fingerprint density at radius 1 is 1.02 bits per heavy atom. The van der Waals surface area contributed by atoms with Crippen LogP contribution in [-0.4, -0.2) is 40.7 Å². The number of fused-ring (bicyclic) bond motifs is 1. The largest absolute Gasteiger partial charge is 0.490 e. The Hall–Kier alpha value is -4.08. The SMILES string of the molecule is CCOc1cc(/C=C2\SC(=Nc3ccc(C(=O)O)cc3)N(C)C2=O)c(Br)cc1OCc1cccc2ccccc12. The molecule has 1 N–H and O–H groups in total. The Balaban J connectivity index is 1.39. The van der Waals surface area contributed by atoms with Gasteiger partial charge >= 0.3 is 5.97 Å². The number of benzene rings is 4. The lowest BCUT2D eigenvalue weighted by Crippen LogP contribution is -2.23. The molecule has 40 heavy (non-hydrogen) atoms. The molecule has 1 aliphatic rings. The molecule has 9 heteroatoms. The number of carbonyl (C=O) groups is 2. The van der Waals surface area contributed by atoms with E-state index in [4.69, 9.17) is 14.6 Å². The third-order valence-electron chi connectivity index (χ3n) is 6.26. The van der Waals surface area contributed by atoms with Crippen LogP contribution < -0.4 is 9.47 Å². The number of carboxylic acid groups (broad SMARTS) is 1. The number of hydrogen-bond donors (Lipinski definition) is 1. The summed E-state index contributed by atoms with van der Waals surface area (Å²) in [5.74, 6) is -0.0200. The first-order valence-corrected chi connectivity index (χ1v) is 14.1. The fraction of sp³-hybridized carbons (Fsp3) is 0.129. The molecule has 4 aromatic rings. The summed E-state index contributed by atoms with van der Waals surface area (Å²) in [5, 5.41) is 11.9. The zero-order valence-electron chi connectivity index (χ0n) is 21.8. The summed E-state index contributed by atoms with van der Waals surface area (Å²) in [5.41, 5.74) is 2.56. The summed E-state index contributed by atoms with van der Waals surface area (Å²) in [7, 11) is 1.66. The lowest BCUT2D eigenvalue weighted by atomic mass is 10.1. The van der Waals surface area contributed by atoms with Crippen LogP contribution in [0.1, 0.15) is 28.4 Å². The number of carboxylic acids is 1. The summed E-state index contributed by atoms with van der Waals surface area (Å²) in [6.07, 6.45) is 1.79. The van der Waals surface area contributed by atoms with Gasteiger partial charge < -0.3 is 14.6 Å². The van der Waals surface area contributed by atoms with Gasteiger partial charge in [-0.05, 0) is 83.1 Å². The van der Waals surface area contributed by atoms with Crippen molar-refractivity contribution in [3.05, 3.63) is 105 Å². The molecule has 0 aromatic heterocycles. The number of likely N-dealkylation sites (N-methyl/N-ethyl adjacent to an activating group) is 1. The van der Waals surface area contributed by atoms with Gasteiger partial charge in [-0.15, -0.1) is 0 Å².